The minimum Gasteiger partial charge on any atom is -0.449 e. The molecule has 1 aromatic carbocycles. The van der Waals surface area contributed by atoms with Gasteiger partial charge in [0.2, 0.25) is 16.0 Å². The van der Waals surface area contributed by atoms with Crippen molar-refractivity contribution in [2.24, 2.45) is 5.92 Å². The van der Waals surface area contributed by atoms with E-state index in [0.717, 1.165) is 0 Å². The molecule has 2 aromatic heterocycles. The van der Waals surface area contributed by atoms with Crippen molar-refractivity contribution in [2.45, 2.75) is 26.4 Å². The molecule has 0 bridgehead atoms. The first-order chi connectivity index (χ1) is 19.7. The molecule has 0 spiro atoms. The summed E-state index contributed by atoms with van der Waals surface area (Å²) < 4.78 is 70.1. The van der Waals surface area contributed by atoms with Crippen LogP contribution in [0, 0.1) is 5.92 Å². The van der Waals surface area contributed by atoms with Gasteiger partial charge >= 0.3 is 12.3 Å². The number of ether oxygens (including phenoxy) is 1. The summed E-state index contributed by atoms with van der Waals surface area (Å²) >= 11 is 7.91. The number of rotatable bonds is 9. The SMILES string of the molecule is CC(C)COC(=O)N1CCN(c2nc(-c3cccc(NS(=O)(=O)CCC(F)(F)F)c3Cl)c(-c3ccnc(N)n3)s2)CC1. The van der Waals surface area contributed by atoms with Gasteiger partial charge in [-0.25, -0.2) is 28.2 Å². The Bertz CT molecular complexity index is 1530. The van der Waals surface area contributed by atoms with Crippen LogP contribution in [-0.4, -0.2) is 79.1 Å². The van der Waals surface area contributed by atoms with Gasteiger partial charge in [-0.3, -0.25) is 4.72 Å². The van der Waals surface area contributed by atoms with Gasteiger partial charge in [0.05, 0.1) is 45.8 Å². The standard InChI is InChI=1S/C25H29ClF3N7O4S2/c1-15(2)14-40-24(37)36-11-9-35(10-12-36)23-33-20(21(41-23)18-6-8-31-22(30)32-18)16-4-3-5-17(19(16)26)34-42(38,39)13-7-25(27,28)29/h3-6,8,15,34H,7,9-14H2,1-2H3,(H2,30,31,32). The smallest absolute Gasteiger partial charge is 0.409 e. The van der Waals surface area contributed by atoms with Gasteiger partial charge in [0.25, 0.3) is 0 Å². The largest absolute Gasteiger partial charge is 0.449 e. The Hall–Kier alpha value is -3.37. The van der Waals surface area contributed by atoms with E-state index in [1.54, 1.807) is 17.0 Å². The molecule has 11 nitrogen and oxygen atoms in total. The number of carbonyl (C=O) groups is 1. The third kappa shape index (κ3) is 8.13. The normalized spacial score (nSPS) is 14.4. The summed E-state index contributed by atoms with van der Waals surface area (Å²) in [6, 6.07) is 6.12. The topological polar surface area (TPSA) is 144 Å². The maximum absolute atomic E-state index is 12.6. The third-order valence-corrected chi connectivity index (χ3v) is 8.86. The van der Waals surface area contributed by atoms with Crippen molar-refractivity contribution in [3.8, 4) is 21.8 Å². The highest BCUT2D eigenvalue weighted by atomic mass is 35.5. The molecular weight excluding hydrogens is 619 g/mol. The fraction of sp³-hybridized carbons (Fsp3) is 0.440. The molecule has 0 atom stereocenters. The van der Waals surface area contributed by atoms with E-state index < -0.39 is 28.4 Å². The van der Waals surface area contributed by atoms with E-state index in [-0.39, 0.29) is 28.7 Å². The van der Waals surface area contributed by atoms with Crippen LogP contribution in [0.15, 0.2) is 30.5 Å². The van der Waals surface area contributed by atoms with Gasteiger partial charge in [-0.2, -0.15) is 13.2 Å². The molecule has 3 aromatic rings. The van der Waals surface area contributed by atoms with E-state index in [4.69, 9.17) is 27.1 Å². The zero-order valence-electron chi connectivity index (χ0n) is 22.7. The molecule has 0 unspecified atom stereocenters. The van der Waals surface area contributed by atoms with E-state index in [9.17, 15) is 26.4 Å². The first-order valence-electron chi connectivity index (χ1n) is 12.8. The predicted octanol–water partition coefficient (Wildman–Crippen LogP) is 5.11. The zero-order chi connectivity index (χ0) is 30.7. The molecule has 1 aliphatic rings. The quantitative estimate of drug-likeness (QED) is 0.324. The minimum absolute atomic E-state index is 0.0270. The average Bonchev–Trinajstić information content (AvgIpc) is 3.37. The highest BCUT2D eigenvalue weighted by Crippen LogP contribution is 2.44. The van der Waals surface area contributed by atoms with Crippen LogP contribution >= 0.6 is 22.9 Å². The van der Waals surface area contributed by atoms with Crippen LogP contribution in [0.3, 0.4) is 0 Å². The summed E-state index contributed by atoms with van der Waals surface area (Å²) in [4.78, 5) is 29.6. The summed E-state index contributed by atoms with van der Waals surface area (Å²) in [5.74, 6) is -0.904. The molecule has 1 aliphatic heterocycles. The molecule has 17 heteroatoms. The maximum atomic E-state index is 12.6. The van der Waals surface area contributed by atoms with Crippen molar-refractivity contribution >= 4 is 55.8 Å². The van der Waals surface area contributed by atoms with E-state index >= 15 is 0 Å². The van der Waals surface area contributed by atoms with Crippen molar-refractivity contribution in [1.29, 1.82) is 0 Å². The van der Waals surface area contributed by atoms with Crippen molar-refractivity contribution in [2.75, 3.05) is 53.9 Å². The lowest BCUT2D eigenvalue weighted by molar-refractivity contribution is -0.129. The first-order valence-corrected chi connectivity index (χ1v) is 15.7. The van der Waals surface area contributed by atoms with Crippen LogP contribution in [0.4, 0.5) is 34.7 Å². The monoisotopic (exact) mass is 647 g/mol. The van der Waals surface area contributed by atoms with Gasteiger partial charge in [-0.1, -0.05) is 48.9 Å². The Morgan fingerprint density at radius 2 is 1.90 bits per heavy atom. The van der Waals surface area contributed by atoms with Crippen molar-refractivity contribution in [3.63, 3.8) is 0 Å². The Balaban J connectivity index is 1.64. The summed E-state index contributed by atoms with van der Waals surface area (Å²) in [5, 5.41) is 0.547. The molecule has 0 radical (unpaired) electrons. The molecule has 3 N–H and O–H groups in total. The fourth-order valence-electron chi connectivity index (χ4n) is 3.97. The molecule has 1 saturated heterocycles. The number of sulfonamides is 1. The van der Waals surface area contributed by atoms with Gasteiger partial charge in [-0.15, -0.1) is 0 Å². The number of aromatic nitrogens is 3. The van der Waals surface area contributed by atoms with Crippen molar-refractivity contribution in [3.05, 3.63) is 35.5 Å². The van der Waals surface area contributed by atoms with Gasteiger partial charge in [0.1, 0.15) is 0 Å². The second kappa shape index (κ2) is 12.9. The Morgan fingerprint density at radius 1 is 1.19 bits per heavy atom. The number of carbonyl (C=O) groups excluding carboxylic acids is 1. The highest BCUT2D eigenvalue weighted by molar-refractivity contribution is 7.92. The van der Waals surface area contributed by atoms with Crippen LogP contribution in [0.5, 0.6) is 0 Å². The number of nitrogen functional groups attached to an aromatic ring is 1. The second-order valence-corrected chi connectivity index (χ2v) is 13.1. The number of hydrogen-bond donors (Lipinski definition) is 2. The van der Waals surface area contributed by atoms with E-state index in [2.05, 4.69) is 14.7 Å². The summed E-state index contributed by atoms with van der Waals surface area (Å²) in [6.45, 7) is 6.02. The zero-order valence-corrected chi connectivity index (χ0v) is 25.1. The predicted molar refractivity (Wildman–Crippen MR) is 156 cm³/mol. The molecular formula is C25H29ClF3N7O4S2. The molecule has 3 heterocycles. The van der Waals surface area contributed by atoms with Crippen LogP contribution in [-0.2, 0) is 14.8 Å². The van der Waals surface area contributed by atoms with Crippen molar-refractivity contribution in [1.82, 2.24) is 19.9 Å². The average molecular weight is 648 g/mol. The number of halogens is 4. The third-order valence-electron chi connectivity index (χ3n) is 6.04. The van der Waals surface area contributed by atoms with Crippen LogP contribution < -0.4 is 15.4 Å². The maximum Gasteiger partial charge on any atom is 0.409 e. The molecule has 42 heavy (non-hydrogen) atoms. The van der Waals surface area contributed by atoms with Crippen LogP contribution in [0.2, 0.25) is 5.02 Å². The Morgan fingerprint density at radius 3 is 2.55 bits per heavy atom. The Kier molecular flexibility index (Phi) is 9.67. The lowest BCUT2D eigenvalue weighted by atomic mass is 10.1. The van der Waals surface area contributed by atoms with E-state index in [1.165, 1.54) is 29.7 Å². The van der Waals surface area contributed by atoms with Gasteiger partial charge in [0, 0.05) is 37.9 Å². The highest BCUT2D eigenvalue weighted by Gasteiger charge is 2.31. The van der Waals surface area contributed by atoms with Crippen LogP contribution in [0.1, 0.15) is 20.3 Å². The summed E-state index contributed by atoms with van der Waals surface area (Å²) in [7, 11) is -4.35. The van der Waals surface area contributed by atoms with E-state index in [0.29, 0.717) is 59.7 Å². The number of piperazine rings is 1. The van der Waals surface area contributed by atoms with Gasteiger partial charge in [0.15, 0.2) is 5.13 Å². The molecule has 1 amide bonds. The Labute approximate surface area is 249 Å². The van der Waals surface area contributed by atoms with Gasteiger partial charge < -0.3 is 20.3 Å². The number of alkyl halides is 3. The number of benzene rings is 1. The number of amides is 1. The second-order valence-electron chi connectivity index (χ2n) is 9.87. The number of thiazole rings is 1. The first kappa shape index (κ1) is 31.6. The summed E-state index contributed by atoms with van der Waals surface area (Å²) in [6.07, 6.45) is -5.03. The fourth-order valence-corrected chi connectivity index (χ4v) is 6.50. The number of nitrogens with one attached hydrogen (secondary N) is 1. The van der Waals surface area contributed by atoms with Crippen LogP contribution in [0.25, 0.3) is 21.8 Å². The molecule has 1 fully saturated rings. The number of hydrogen-bond acceptors (Lipinski definition) is 10. The van der Waals surface area contributed by atoms with E-state index in [1.807, 2.05) is 18.7 Å². The number of nitrogens with zero attached hydrogens (tertiary/aromatic N) is 5. The number of nitrogens with two attached hydrogens (primary N) is 1. The molecule has 0 aliphatic carbocycles. The minimum atomic E-state index is -4.63. The lowest BCUT2D eigenvalue weighted by Gasteiger charge is -2.34. The number of anilines is 3. The molecule has 4 rings (SSSR count). The summed E-state index contributed by atoms with van der Waals surface area (Å²) in [5.41, 5.74) is 6.88. The lowest BCUT2D eigenvalue weighted by Crippen LogP contribution is -2.49. The molecule has 228 valence electrons. The van der Waals surface area contributed by atoms with Crippen molar-refractivity contribution < 1.29 is 31.1 Å². The molecule has 0 saturated carbocycles. The van der Waals surface area contributed by atoms with Gasteiger partial charge in [-0.05, 0) is 18.1 Å².